The fourth-order valence-electron chi connectivity index (χ4n) is 1.13. The molecular formula is C7H13N2O2P. The molecule has 5 atom stereocenters. The van der Waals surface area contributed by atoms with Gasteiger partial charge < -0.3 is 15.2 Å². The Balaban J connectivity index is 1.50. The lowest BCUT2D eigenvalue weighted by molar-refractivity contribution is 0.382. The van der Waals surface area contributed by atoms with E-state index in [4.69, 9.17) is 15.2 Å². The average molecular weight is 188 g/mol. The SMILES string of the molecule is C=NC1OC1CPCC1OC1N. The van der Waals surface area contributed by atoms with Crippen LogP contribution in [-0.2, 0) is 9.47 Å². The van der Waals surface area contributed by atoms with Crippen molar-refractivity contribution in [3.8, 4) is 0 Å². The third kappa shape index (κ3) is 2.02. The Morgan fingerprint density at radius 3 is 2.50 bits per heavy atom. The van der Waals surface area contributed by atoms with Crippen molar-refractivity contribution in [1.82, 2.24) is 0 Å². The van der Waals surface area contributed by atoms with Gasteiger partial charge in [0.25, 0.3) is 0 Å². The van der Waals surface area contributed by atoms with Gasteiger partial charge in [0.1, 0.15) is 18.4 Å². The highest BCUT2D eigenvalue weighted by Gasteiger charge is 2.39. The third-order valence-electron chi connectivity index (χ3n) is 2.05. The summed E-state index contributed by atoms with van der Waals surface area (Å²) in [4.78, 5) is 3.79. The largest absolute Gasteiger partial charge is 0.353 e. The lowest BCUT2D eigenvalue weighted by atomic mass is 10.5. The summed E-state index contributed by atoms with van der Waals surface area (Å²) in [7, 11) is 0.875. The van der Waals surface area contributed by atoms with Crippen LogP contribution in [0, 0.1) is 0 Å². The molecule has 2 aliphatic heterocycles. The molecule has 0 spiro atoms. The van der Waals surface area contributed by atoms with Crippen LogP contribution in [0.4, 0.5) is 0 Å². The van der Waals surface area contributed by atoms with E-state index >= 15 is 0 Å². The smallest absolute Gasteiger partial charge is 0.174 e. The molecule has 2 saturated heterocycles. The standard InChI is InChI=1S/C7H13N2O2P/c1-9-7-5(11-7)3-12-2-4-6(8)10-4/h4-7,12H,1-3,8H2. The van der Waals surface area contributed by atoms with Crippen molar-refractivity contribution in [2.45, 2.75) is 24.7 Å². The molecule has 0 radical (unpaired) electrons. The van der Waals surface area contributed by atoms with Gasteiger partial charge in [-0.25, -0.2) is 0 Å². The molecule has 2 heterocycles. The Hall–Kier alpha value is -0.0200. The fraction of sp³-hybridized carbons (Fsp3) is 0.857. The first kappa shape index (κ1) is 8.57. The molecular weight excluding hydrogens is 175 g/mol. The summed E-state index contributed by atoms with van der Waals surface area (Å²) in [6, 6.07) is 0. The van der Waals surface area contributed by atoms with Crippen molar-refractivity contribution in [3.05, 3.63) is 0 Å². The molecule has 0 aromatic carbocycles. The van der Waals surface area contributed by atoms with Gasteiger partial charge in [0.2, 0.25) is 0 Å². The molecule has 2 rings (SSSR count). The second-order valence-electron chi connectivity index (χ2n) is 3.05. The summed E-state index contributed by atoms with van der Waals surface area (Å²) in [5.41, 5.74) is 5.47. The van der Waals surface area contributed by atoms with Gasteiger partial charge in [-0.3, -0.25) is 4.99 Å². The minimum atomic E-state index is 0.00551. The molecule has 2 fully saturated rings. The molecule has 12 heavy (non-hydrogen) atoms. The fourth-order valence-corrected chi connectivity index (χ4v) is 2.49. The Morgan fingerprint density at radius 2 is 2.00 bits per heavy atom. The number of hydrogen-bond donors (Lipinski definition) is 1. The summed E-state index contributed by atoms with van der Waals surface area (Å²) in [5, 5.41) is 0. The van der Waals surface area contributed by atoms with Gasteiger partial charge in [0.05, 0.1) is 0 Å². The van der Waals surface area contributed by atoms with E-state index in [0.717, 1.165) is 20.9 Å². The molecule has 4 nitrogen and oxygen atoms in total. The van der Waals surface area contributed by atoms with Crippen LogP contribution in [0.15, 0.2) is 4.99 Å². The number of nitrogens with two attached hydrogens (primary N) is 1. The number of nitrogens with zero attached hydrogens (tertiary/aromatic N) is 1. The lowest BCUT2D eigenvalue weighted by Crippen LogP contribution is -2.07. The number of ether oxygens (including phenoxy) is 2. The Labute approximate surface area is 73.3 Å². The van der Waals surface area contributed by atoms with Crippen LogP contribution in [0.5, 0.6) is 0 Å². The molecule has 0 amide bonds. The summed E-state index contributed by atoms with van der Waals surface area (Å²) in [6.45, 7) is 3.42. The molecule has 0 aromatic rings. The second-order valence-corrected chi connectivity index (χ2v) is 4.36. The van der Waals surface area contributed by atoms with E-state index < -0.39 is 0 Å². The molecule has 0 saturated carbocycles. The van der Waals surface area contributed by atoms with E-state index in [2.05, 4.69) is 11.7 Å². The van der Waals surface area contributed by atoms with Gasteiger partial charge in [0.15, 0.2) is 6.23 Å². The summed E-state index contributed by atoms with van der Waals surface area (Å²) in [6.07, 6.45) is 2.88. The van der Waals surface area contributed by atoms with E-state index in [0.29, 0.717) is 12.2 Å². The predicted molar refractivity (Wildman–Crippen MR) is 49.1 cm³/mol. The van der Waals surface area contributed by atoms with Crippen molar-refractivity contribution in [3.63, 3.8) is 0 Å². The number of hydrogen-bond acceptors (Lipinski definition) is 4. The average Bonchev–Trinajstić information content (AvgIpc) is 2.92. The first-order chi connectivity index (χ1) is 5.81. The molecule has 2 aliphatic rings. The van der Waals surface area contributed by atoms with Crippen LogP contribution < -0.4 is 5.73 Å². The van der Waals surface area contributed by atoms with E-state index in [1.807, 2.05) is 0 Å². The lowest BCUT2D eigenvalue weighted by Gasteiger charge is -1.92. The first-order valence-corrected chi connectivity index (χ1v) is 5.46. The van der Waals surface area contributed by atoms with Crippen LogP contribution in [0.2, 0.25) is 0 Å². The van der Waals surface area contributed by atoms with E-state index in [1.165, 1.54) is 0 Å². The van der Waals surface area contributed by atoms with Crippen molar-refractivity contribution in [2.75, 3.05) is 12.3 Å². The maximum Gasteiger partial charge on any atom is 0.174 e. The van der Waals surface area contributed by atoms with Crippen molar-refractivity contribution < 1.29 is 9.47 Å². The third-order valence-corrected chi connectivity index (χ3v) is 3.43. The maximum absolute atomic E-state index is 5.47. The van der Waals surface area contributed by atoms with Crippen molar-refractivity contribution in [1.29, 1.82) is 0 Å². The second kappa shape index (κ2) is 3.38. The minimum absolute atomic E-state index is 0.00551. The number of epoxide rings is 2. The maximum atomic E-state index is 5.47. The van der Waals surface area contributed by atoms with Crippen LogP contribution >= 0.6 is 8.58 Å². The number of rotatable bonds is 5. The highest BCUT2D eigenvalue weighted by Crippen LogP contribution is 2.32. The van der Waals surface area contributed by atoms with Gasteiger partial charge in [-0.1, -0.05) is 0 Å². The first-order valence-electron chi connectivity index (χ1n) is 4.04. The molecule has 0 aliphatic carbocycles. The molecule has 0 aromatic heterocycles. The Kier molecular flexibility index (Phi) is 2.42. The van der Waals surface area contributed by atoms with Crippen molar-refractivity contribution >= 4 is 15.3 Å². The summed E-state index contributed by atoms with van der Waals surface area (Å²) < 4.78 is 10.3. The quantitative estimate of drug-likeness (QED) is 0.368. The predicted octanol–water partition coefficient (Wildman–Crippen LogP) is -0.226. The monoisotopic (exact) mass is 188 g/mol. The van der Waals surface area contributed by atoms with Crippen LogP contribution in [0.1, 0.15) is 0 Å². The highest BCUT2D eigenvalue weighted by atomic mass is 31.1. The number of aliphatic imine (C=N–C) groups is 1. The summed E-state index contributed by atoms with van der Waals surface area (Å²) in [5.74, 6) is 0. The van der Waals surface area contributed by atoms with E-state index in [1.54, 1.807) is 0 Å². The Bertz CT molecular complexity index is 190. The van der Waals surface area contributed by atoms with E-state index in [-0.39, 0.29) is 12.5 Å². The molecule has 2 N–H and O–H groups in total. The van der Waals surface area contributed by atoms with Crippen molar-refractivity contribution in [2.24, 2.45) is 10.7 Å². The molecule has 5 unspecified atom stereocenters. The van der Waals surface area contributed by atoms with E-state index in [9.17, 15) is 0 Å². The van der Waals surface area contributed by atoms with Gasteiger partial charge in [-0.05, 0) is 19.0 Å². The zero-order valence-corrected chi connectivity index (χ0v) is 7.77. The van der Waals surface area contributed by atoms with Gasteiger partial charge in [-0.15, -0.1) is 8.58 Å². The van der Waals surface area contributed by atoms with Gasteiger partial charge in [-0.2, -0.15) is 0 Å². The molecule has 5 heteroatoms. The zero-order chi connectivity index (χ0) is 8.55. The van der Waals surface area contributed by atoms with Crippen LogP contribution in [0.3, 0.4) is 0 Å². The molecule has 0 bridgehead atoms. The zero-order valence-electron chi connectivity index (χ0n) is 6.77. The van der Waals surface area contributed by atoms with Gasteiger partial charge >= 0.3 is 0 Å². The van der Waals surface area contributed by atoms with Crippen LogP contribution in [0.25, 0.3) is 0 Å². The topological polar surface area (TPSA) is 63.4 Å². The van der Waals surface area contributed by atoms with Crippen LogP contribution in [-0.4, -0.2) is 43.7 Å². The Morgan fingerprint density at radius 1 is 1.33 bits per heavy atom. The minimum Gasteiger partial charge on any atom is -0.353 e. The van der Waals surface area contributed by atoms with Gasteiger partial charge in [0, 0.05) is 0 Å². The normalized spacial score (nSPS) is 45.1. The molecule has 68 valence electrons. The highest BCUT2D eigenvalue weighted by molar-refractivity contribution is 7.38. The summed E-state index contributed by atoms with van der Waals surface area (Å²) >= 11 is 0.